The summed E-state index contributed by atoms with van der Waals surface area (Å²) in [7, 11) is 1.32. The number of hydrogen-bond donors (Lipinski definition) is 0. The lowest BCUT2D eigenvalue weighted by Gasteiger charge is -2.25. The average molecular weight is 225 g/mol. The van der Waals surface area contributed by atoms with E-state index in [1.54, 1.807) is 6.08 Å². The van der Waals surface area contributed by atoms with E-state index < -0.39 is 17.7 Å². The summed E-state index contributed by atoms with van der Waals surface area (Å²) in [5, 5.41) is 3.97. The van der Waals surface area contributed by atoms with Crippen molar-refractivity contribution in [2.75, 3.05) is 7.11 Å². The Labute approximate surface area is 94.0 Å². The molecule has 5 nitrogen and oxygen atoms in total. The van der Waals surface area contributed by atoms with E-state index in [9.17, 15) is 4.79 Å². The fourth-order valence-corrected chi connectivity index (χ4v) is 1.83. The Morgan fingerprint density at radius 1 is 1.56 bits per heavy atom. The lowest BCUT2D eigenvalue weighted by Crippen LogP contribution is -2.49. The maximum atomic E-state index is 11.7. The van der Waals surface area contributed by atoms with Crippen molar-refractivity contribution in [2.45, 2.75) is 32.5 Å². The second kappa shape index (κ2) is 3.23. The van der Waals surface area contributed by atoms with Crippen LogP contribution in [0, 0.1) is 5.41 Å². The summed E-state index contributed by atoms with van der Waals surface area (Å²) in [6, 6.07) is 0. The number of carbonyl (C=O) groups is 1. The van der Waals surface area contributed by atoms with E-state index in [4.69, 9.17) is 14.3 Å². The third kappa shape index (κ3) is 1.31. The van der Waals surface area contributed by atoms with E-state index >= 15 is 0 Å². The van der Waals surface area contributed by atoms with Crippen LogP contribution >= 0.6 is 0 Å². The molecule has 0 fully saturated rings. The molecule has 0 aromatic carbocycles. The van der Waals surface area contributed by atoms with Crippen LogP contribution in [0.25, 0.3) is 0 Å². The predicted octanol–water partition coefficient (Wildman–Crippen LogP) is 1.24. The molecule has 0 amide bonds. The number of rotatable bonds is 1. The van der Waals surface area contributed by atoms with E-state index in [0.29, 0.717) is 5.71 Å². The first-order valence-corrected chi connectivity index (χ1v) is 5.10. The number of oxime groups is 1. The molecule has 0 N–H and O–H groups in total. The van der Waals surface area contributed by atoms with Gasteiger partial charge in [-0.05, 0) is 0 Å². The molecule has 5 heteroatoms. The van der Waals surface area contributed by atoms with E-state index in [1.807, 2.05) is 20.8 Å². The number of fused-ring (bicyclic) bond motifs is 1. The molecule has 0 bridgehead atoms. The fourth-order valence-electron chi connectivity index (χ4n) is 1.83. The van der Waals surface area contributed by atoms with Gasteiger partial charge in [0.15, 0.2) is 6.10 Å². The van der Waals surface area contributed by atoms with E-state index in [2.05, 4.69) is 5.16 Å². The molecular formula is C11H15NO4. The first-order chi connectivity index (χ1) is 7.42. The monoisotopic (exact) mass is 225 g/mol. The average Bonchev–Trinajstić information content (AvgIpc) is 2.71. The van der Waals surface area contributed by atoms with Crippen LogP contribution in [-0.4, -0.2) is 30.5 Å². The van der Waals surface area contributed by atoms with Gasteiger partial charge in [-0.25, -0.2) is 4.79 Å². The molecule has 2 aliphatic rings. The zero-order chi connectivity index (χ0) is 12.0. The Bertz CT molecular complexity index is 380. The molecule has 88 valence electrons. The molecule has 0 saturated heterocycles. The summed E-state index contributed by atoms with van der Waals surface area (Å²) < 4.78 is 10.1. The maximum Gasteiger partial charge on any atom is 0.361 e. The molecule has 0 saturated carbocycles. The number of esters is 1. The maximum absolute atomic E-state index is 11.7. The molecule has 2 aliphatic heterocycles. The first-order valence-electron chi connectivity index (χ1n) is 5.10. The van der Waals surface area contributed by atoms with Gasteiger partial charge in [0.1, 0.15) is 5.71 Å². The number of hydrogen-bond acceptors (Lipinski definition) is 5. The Morgan fingerprint density at radius 2 is 2.25 bits per heavy atom. The molecule has 2 heterocycles. The van der Waals surface area contributed by atoms with Gasteiger partial charge in [-0.2, -0.15) is 0 Å². The zero-order valence-electron chi connectivity index (χ0n) is 9.81. The highest BCUT2D eigenvalue weighted by molar-refractivity contribution is 6.02. The molecule has 16 heavy (non-hydrogen) atoms. The van der Waals surface area contributed by atoms with Crippen LogP contribution < -0.4 is 0 Å². The second-order valence-corrected chi connectivity index (χ2v) is 4.92. The Morgan fingerprint density at radius 3 is 2.81 bits per heavy atom. The lowest BCUT2D eigenvalue weighted by atomic mass is 9.81. The highest BCUT2D eigenvalue weighted by Crippen LogP contribution is 2.39. The van der Waals surface area contributed by atoms with Crippen molar-refractivity contribution in [3.05, 3.63) is 12.3 Å². The molecule has 0 radical (unpaired) electrons. The number of ether oxygens (including phenoxy) is 2. The van der Waals surface area contributed by atoms with E-state index in [0.717, 1.165) is 0 Å². The molecule has 2 rings (SSSR count). The predicted molar refractivity (Wildman–Crippen MR) is 56.7 cm³/mol. The molecule has 0 spiro atoms. The van der Waals surface area contributed by atoms with Crippen LogP contribution in [0.15, 0.2) is 17.5 Å². The minimum Gasteiger partial charge on any atom is -0.487 e. The molecule has 2 unspecified atom stereocenters. The van der Waals surface area contributed by atoms with Crippen molar-refractivity contribution in [3.63, 3.8) is 0 Å². The topological polar surface area (TPSA) is 57.1 Å². The van der Waals surface area contributed by atoms with Crippen LogP contribution in [0.3, 0.4) is 0 Å². The largest absolute Gasteiger partial charge is 0.487 e. The number of carbonyl (C=O) groups excluding carboxylic acids is 1. The Balaban J connectivity index is 2.33. The minimum atomic E-state index is -1.22. The minimum absolute atomic E-state index is 0.216. The van der Waals surface area contributed by atoms with Gasteiger partial charge in [0, 0.05) is 11.5 Å². The molecular weight excluding hydrogens is 210 g/mol. The smallest absolute Gasteiger partial charge is 0.361 e. The van der Waals surface area contributed by atoms with E-state index in [-0.39, 0.29) is 5.41 Å². The first kappa shape index (κ1) is 11.0. The van der Waals surface area contributed by atoms with Gasteiger partial charge in [0.2, 0.25) is 0 Å². The van der Waals surface area contributed by atoms with Gasteiger partial charge in [-0.3, -0.25) is 0 Å². The van der Waals surface area contributed by atoms with E-state index in [1.165, 1.54) is 13.4 Å². The highest BCUT2D eigenvalue weighted by Gasteiger charge is 2.60. The Kier molecular flexibility index (Phi) is 2.22. The highest BCUT2D eigenvalue weighted by atomic mass is 16.7. The third-order valence-corrected chi connectivity index (χ3v) is 2.74. The van der Waals surface area contributed by atoms with Crippen molar-refractivity contribution >= 4 is 11.7 Å². The van der Waals surface area contributed by atoms with Crippen molar-refractivity contribution in [3.8, 4) is 0 Å². The van der Waals surface area contributed by atoms with Crippen LogP contribution in [0.5, 0.6) is 0 Å². The van der Waals surface area contributed by atoms with Crippen molar-refractivity contribution in [2.24, 2.45) is 10.6 Å². The van der Waals surface area contributed by atoms with Gasteiger partial charge in [0.25, 0.3) is 5.60 Å². The lowest BCUT2D eigenvalue weighted by molar-refractivity contribution is -0.164. The van der Waals surface area contributed by atoms with Gasteiger partial charge >= 0.3 is 5.97 Å². The summed E-state index contributed by atoms with van der Waals surface area (Å²) in [4.78, 5) is 17.0. The van der Waals surface area contributed by atoms with Crippen molar-refractivity contribution in [1.82, 2.24) is 0 Å². The summed E-state index contributed by atoms with van der Waals surface area (Å²) in [5.41, 5.74) is -0.730. The molecule has 0 aromatic heterocycles. The summed E-state index contributed by atoms with van der Waals surface area (Å²) in [5.74, 6) is -0.491. The van der Waals surface area contributed by atoms with Crippen LogP contribution in [0.1, 0.15) is 20.8 Å². The summed E-state index contributed by atoms with van der Waals surface area (Å²) in [6.45, 7) is 5.97. The van der Waals surface area contributed by atoms with Gasteiger partial charge in [-0.1, -0.05) is 25.9 Å². The SMILES string of the molecule is COC(=O)C12C=COC1C(C(C)(C)C)=NO2. The zero-order valence-corrected chi connectivity index (χ0v) is 9.81. The fraction of sp³-hybridized carbons (Fsp3) is 0.636. The van der Waals surface area contributed by atoms with Gasteiger partial charge in [0.05, 0.1) is 13.4 Å². The summed E-state index contributed by atoms with van der Waals surface area (Å²) in [6.07, 6.45) is 2.49. The standard InChI is InChI=1S/C11H15NO4/c1-10(2,3)7-8-11(16-12-7,5-6-15-8)9(13)14-4/h5-6,8H,1-4H3. The van der Waals surface area contributed by atoms with Gasteiger partial charge in [-0.15, -0.1) is 0 Å². The van der Waals surface area contributed by atoms with Crippen molar-refractivity contribution < 1.29 is 19.1 Å². The normalized spacial score (nSPS) is 31.5. The third-order valence-electron chi connectivity index (χ3n) is 2.74. The van der Waals surface area contributed by atoms with Crippen molar-refractivity contribution in [1.29, 1.82) is 0 Å². The molecule has 0 aliphatic carbocycles. The molecule has 2 atom stereocenters. The molecule has 0 aromatic rings. The summed E-state index contributed by atoms with van der Waals surface area (Å²) >= 11 is 0. The van der Waals surface area contributed by atoms with Crippen LogP contribution in [0.2, 0.25) is 0 Å². The quantitative estimate of drug-likeness (QED) is 0.630. The number of methoxy groups -OCH3 is 1. The number of nitrogens with zero attached hydrogens (tertiary/aromatic N) is 1. The second-order valence-electron chi connectivity index (χ2n) is 4.92. The Hall–Kier alpha value is -1.52. The van der Waals surface area contributed by atoms with Crippen LogP contribution in [-0.2, 0) is 19.1 Å². The van der Waals surface area contributed by atoms with Crippen LogP contribution in [0.4, 0.5) is 0 Å². The van der Waals surface area contributed by atoms with Gasteiger partial charge < -0.3 is 14.3 Å².